The number of hydrogen-bond donors (Lipinski definition) is 0. The molecular formula is C13H9Br2NO3. The molecule has 2 aromatic carbocycles. The summed E-state index contributed by atoms with van der Waals surface area (Å²) in [5.41, 5.74) is 0.996. The van der Waals surface area contributed by atoms with Gasteiger partial charge < -0.3 is 4.74 Å². The number of rotatable bonds is 4. The third-order valence-corrected chi connectivity index (χ3v) is 3.62. The summed E-state index contributed by atoms with van der Waals surface area (Å²) in [6.45, 7) is 0.354. The average molecular weight is 387 g/mol. The highest BCUT2D eigenvalue weighted by molar-refractivity contribution is 9.10. The highest BCUT2D eigenvalue weighted by Gasteiger charge is 2.10. The molecule has 0 unspecified atom stereocenters. The minimum Gasteiger partial charge on any atom is -0.487 e. The molecule has 0 radical (unpaired) electrons. The van der Waals surface area contributed by atoms with E-state index >= 15 is 0 Å². The molecule has 4 nitrogen and oxygen atoms in total. The van der Waals surface area contributed by atoms with E-state index in [0.29, 0.717) is 16.8 Å². The van der Waals surface area contributed by atoms with Gasteiger partial charge in [-0.05, 0) is 39.7 Å². The maximum atomic E-state index is 10.7. The standard InChI is InChI=1S/C13H9Br2NO3/c14-10-3-1-9(2-4-10)8-19-13-7-11(16(17)18)5-6-12(13)15/h1-7H,8H2. The zero-order valence-corrected chi connectivity index (χ0v) is 12.8. The molecule has 0 fully saturated rings. The molecule has 0 spiro atoms. The van der Waals surface area contributed by atoms with E-state index < -0.39 is 4.92 Å². The smallest absolute Gasteiger partial charge is 0.273 e. The fourth-order valence-electron chi connectivity index (χ4n) is 1.46. The van der Waals surface area contributed by atoms with Gasteiger partial charge in [0, 0.05) is 10.5 Å². The van der Waals surface area contributed by atoms with Crippen LogP contribution in [-0.2, 0) is 6.61 Å². The second-order valence-electron chi connectivity index (χ2n) is 3.79. The normalized spacial score (nSPS) is 10.2. The number of halogens is 2. The van der Waals surface area contributed by atoms with Gasteiger partial charge in [-0.25, -0.2) is 0 Å². The molecule has 0 saturated carbocycles. The van der Waals surface area contributed by atoms with Gasteiger partial charge in [0.05, 0.1) is 15.5 Å². The van der Waals surface area contributed by atoms with E-state index in [0.717, 1.165) is 10.0 Å². The van der Waals surface area contributed by atoms with Crippen LogP contribution in [0.25, 0.3) is 0 Å². The lowest BCUT2D eigenvalue weighted by molar-refractivity contribution is -0.385. The van der Waals surface area contributed by atoms with Crippen LogP contribution in [0.5, 0.6) is 5.75 Å². The molecule has 0 heterocycles. The fraction of sp³-hybridized carbons (Fsp3) is 0.0769. The summed E-state index contributed by atoms with van der Waals surface area (Å²) in [5.74, 6) is 0.456. The van der Waals surface area contributed by atoms with Gasteiger partial charge in [0.15, 0.2) is 0 Å². The Morgan fingerprint density at radius 2 is 1.79 bits per heavy atom. The Kier molecular flexibility index (Phi) is 4.55. The van der Waals surface area contributed by atoms with E-state index in [2.05, 4.69) is 31.9 Å². The van der Waals surface area contributed by atoms with Crippen molar-refractivity contribution in [3.63, 3.8) is 0 Å². The number of nitro groups is 1. The maximum Gasteiger partial charge on any atom is 0.273 e. The van der Waals surface area contributed by atoms with Crippen LogP contribution < -0.4 is 4.74 Å². The molecule has 2 aromatic rings. The van der Waals surface area contributed by atoms with Crippen LogP contribution >= 0.6 is 31.9 Å². The third kappa shape index (κ3) is 3.78. The number of hydrogen-bond acceptors (Lipinski definition) is 3. The molecule has 0 bridgehead atoms. The molecule has 0 aliphatic heterocycles. The lowest BCUT2D eigenvalue weighted by atomic mass is 10.2. The van der Waals surface area contributed by atoms with Crippen molar-refractivity contribution in [1.29, 1.82) is 0 Å². The van der Waals surface area contributed by atoms with Crippen LogP contribution in [0.1, 0.15) is 5.56 Å². The average Bonchev–Trinajstić information content (AvgIpc) is 2.39. The second kappa shape index (κ2) is 6.16. The van der Waals surface area contributed by atoms with Gasteiger partial charge in [-0.1, -0.05) is 28.1 Å². The molecule has 0 atom stereocenters. The summed E-state index contributed by atoms with van der Waals surface area (Å²) in [5, 5.41) is 10.7. The van der Waals surface area contributed by atoms with Crippen molar-refractivity contribution in [2.45, 2.75) is 6.61 Å². The van der Waals surface area contributed by atoms with E-state index in [-0.39, 0.29) is 5.69 Å². The van der Waals surface area contributed by atoms with Crippen LogP contribution in [0, 0.1) is 10.1 Å². The van der Waals surface area contributed by atoms with Crippen LogP contribution in [0.15, 0.2) is 51.4 Å². The first-order valence-electron chi connectivity index (χ1n) is 5.37. The summed E-state index contributed by atoms with van der Waals surface area (Å²) in [4.78, 5) is 10.3. The van der Waals surface area contributed by atoms with Crippen molar-refractivity contribution in [2.24, 2.45) is 0 Å². The molecule has 98 valence electrons. The van der Waals surface area contributed by atoms with Crippen molar-refractivity contribution in [3.05, 3.63) is 67.1 Å². The second-order valence-corrected chi connectivity index (χ2v) is 5.56. The topological polar surface area (TPSA) is 52.4 Å². The molecule has 6 heteroatoms. The van der Waals surface area contributed by atoms with Crippen LogP contribution in [0.4, 0.5) is 5.69 Å². The number of ether oxygens (including phenoxy) is 1. The minimum atomic E-state index is -0.446. The zero-order valence-electron chi connectivity index (χ0n) is 9.68. The SMILES string of the molecule is O=[N+]([O-])c1ccc(Br)c(OCc2ccc(Br)cc2)c1. The van der Waals surface area contributed by atoms with E-state index in [1.807, 2.05) is 24.3 Å². The molecule has 0 aliphatic rings. The number of nitrogens with zero attached hydrogens (tertiary/aromatic N) is 1. The Balaban J connectivity index is 2.12. The monoisotopic (exact) mass is 385 g/mol. The molecular weight excluding hydrogens is 378 g/mol. The van der Waals surface area contributed by atoms with Gasteiger partial charge in [-0.15, -0.1) is 0 Å². The van der Waals surface area contributed by atoms with Crippen molar-refractivity contribution in [1.82, 2.24) is 0 Å². The first-order chi connectivity index (χ1) is 9.06. The lowest BCUT2D eigenvalue weighted by Gasteiger charge is -2.08. The predicted octanol–water partition coefficient (Wildman–Crippen LogP) is 4.70. The van der Waals surface area contributed by atoms with Crippen molar-refractivity contribution >= 4 is 37.5 Å². The van der Waals surface area contributed by atoms with Gasteiger partial charge in [-0.3, -0.25) is 10.1 Å². The maximum absolute atomic E-state index is 10.7. The molecule has 2 rings (SSSR count). The molecule has 0 N–H and O–H groups in total. The predicted molar refractivity (Wildman–Crippen MR) is 79.3 cm³/mol. The number of non-ortho nitro benzene ring substituents is 1. The molecule has 0 aliphatic carbocycles. The Morgan fingerprint density at radius 3 is 2.42 bits per heavy atom. The van der Waals surface area contributed by atoms with Gasteiger partial charge in [0.25, 0.3) is 5.69 Å². The van der Waals surface area contributed by atoms with Gasteiger partial charge in [-0.2, -0.15) is 0 Å². The Hall–Kier alpha value is -1.40. The minimum absolute atomic E-state index is 0.00834. The highest BCUT2D eigenvalue weighted by Crippen LogP contribution is 2.29. The summed E-state index contributed by atoms with van der Waals surface area (Å²) in [6, 6.07) is 12.1. The van der Waals surface area contributed by atoms with Crippen LogP contribution in [0.3, 0.4) is 0 Å². The quantitative estimate of drug-likeness (QED) is 0.565. The van der Waals surface area contributed by atoms with Crippen molar-refractivity contribution < 1.29 is 9.66 Å². The Bertz CT molecular complexity index is 599. The van der Waals surface area contributed by atoms with E-state index in [1.54, 1.807) is 6.07 Å². The van der Waals surface area contributed by atoms with Crippen LogP contribution in [0.2, 0.25) is 0 Å². The summed E-state index contributed by atoms with van der Waals surface area (Å²) < 4.78 is 7.27. The number of benzene rings is 2. The number of nitro benzene ring substituents is 1. The van der Waals surface area contributed by atoms with Gasteiger partial charge >= 0.3 is 0 Å². The molecule has 0 aromatic heterocycles. The Labute approximate surface area is 126 Å². The highest BCUT2D eigenvalue weighted by atomic mass is 79.9. The fourth-order valence-corrected chi connectivity index (χ4v) is 2.08. The summed E-state index contributed by atoms with van der Waals surface area (Å²) in [6.07, 6.45) is 0. The van der Waals surface area contributed by atoms with E-state index in [1.165, 1.54) is 12.1 Å². The molecule has 19 heavy (non-hydrogen) atoms. The third-order valence-electron chi connectivity index (χ3n) is 2.43. The first kappa shape index (κ1) is 14.0. The molecule has 0 saturated heterocycles. The van der Waals surface area contributed by atoms with E-state index in [4.69, 9.17) is 4.74 Å². The summed E-state index contributed by atoms with van der Waals surface area (Å²) >= 11 is 6.66. The largest absolute Gasteiger partial charge is 0.487 e. The van der Waals surface area contributed by atoms with Crippen molar-refractivity contribution in [2.75, 3.05) is 0 Å². The van der Waals surface area contributed by atoms with Gasteiger partial charge in [0.2, 0.25) is 0 Å². The Morgan fingerprint density at radius 1 is 1.11 bits per heavy atom. The van der Waals surface area contributed by atoms with Gasteiger partial charge in [0.1, 0.15) is 12.4 Å². The van der Waals surface area contributed by atoms with E-state index in [9.17, 15) is 10.1 Å². The van der Waals surface area contributed by atoms with Crippen LogP contribution in [-0.4, -0.2) is 4.92 Å². The summed E-state index contributed by atoms with van der Waals surface area (Å²) in [7, 11) is 0. The van der Waals surface area contributed by atoms with Crippen molar-refractivity contribution in [3.8, 4) is 5.75 Å². The first-order valence-corrected chi connectivity index (χ1v) is 6.96. The lowest BCUT2D eigenvalue weighted by Crippen LogP contribution is -1.97. The zero-order chi connectivity index (χ0) is 13.8. The molecule has 0 amide bonds.